The number of halogens is 2. The second-order valence-corrected chi connectivity index (χ2v) is 7.68. The molecule has 1 aromatic carbocycles. The van der Waals surface area contributed by atoms with Crippen molar-refractivity contribution in [3.8, 4) is 0 Å². The van der Waals surface area contributed by atoms with Gasteiger partial charge in [-0.25, -0.2) is 0 Å². The molecule has 3 fully saturated rings. The molecule has 3 atom stereocenters. The van der Waals surface area contributed by atoms with Crippen LogP contribution in [0.4, 0.5) is 5.69 Å². The third kappa shape index (κ3) is 2.67. The van der Waals surface area contributed by atoms with Gasteiger partial charge in [-0.1, -0.05) is 29.6 Å². The van der Waals surface area contributed by atoms with Crippen LogP contribution >= 0.6 is 23.2 Å². The van der Waals surface area contributed by atoms with Gasteiger partial charge in [0.1, 0.15) is 0 Å². The van der Waals surface area contributed by atoms with E-state index < -0.39 is 0 Å². The van der Waals surface area contributed by atoms with Gasteiger partial charge in [0.05, 0.1) is 10.0 Å². The summed E-state index contributed by atoms with van der Waals surface area (Å²) in [7, 11) is 0. The Labute approximate surface area is 137 Å². The van der Waals surface area contributed by atoms with Crippen LogP contribution in [-0.2, 0) is 0 Å². The van der Waals surface area contributed by atoms with Gasteiger partial charge in [-0.15, -0.1) is 0 Å². The van der Waals surface area contributed by atoms with E-state index in [-0.39, 0.29) is 0 Å². The fourth-order valence-corrected chi connectivity index (χ4v) is 4.94. The zero-order valence-electron chi connectivity index (χ0n) is 12.3. The Morgan fingerprint density at radius 3 is 2.33 bits per heavy atom. The molecule has 2 bridgehead atoms. The number of anilines is 1. The van der Waals surface area contributed by atoms with Crippen LogP contribution in [0.25, 0.3) is 0 Å². The summed E-state index contributed by atoms with van der Waals surface area (Å²) in [4.78, 5) is 5.18. The molecule has 0 radical (unpaired) electrons. The lowest BCUT2D eigenvalue weighted by atomic mass is 9.93. The maximum absolute atomic E-state index is 6.14. The van der Waals surface area contributed by atoms with E-state index in [4.69, 9.17) is 23.2 Å². The van der Waals surface area contributed by atoms with E-state index in [1.54, 1.807) is 0 Å². The van der Waals surface area contributed by atoms with Crippen LogP contribution in [0.5, 0.6) is 0 Å². The van der Waals surface area contributed by atoms with Gasteiger partial charge >= 0.3 is 0 Å². The Balaban J connectivity index is 1.39. The normalized spacial score (nSPS) is 32.9. The molecule has 4 rings (SSSR count). The average Bonchev–Trinajstić information content (AvgIpc) is 3.13. The second kappa shape index (κ2) is 5.64. The molecular weight excluding hydrogens is 303 g/mol. The number of fused-ring (bicyclic) bond motifs is 2. The first kappa shape index (κ1) is 14.2. The van der Waals surface area contributed by atoms with E-state index in [9.17, 15) is 0 Å². The first-order valence-corrected chi connectivity index (χ1v) is 8.90. The van der Waals surface area contributed by atoms with Crippen molar-refractivity contribution in [1.82, 2.24) is 4.90 Å². The molecule has 4 heteroatoms. The van der Waals surface area contributed by atoms with E-state index in [1.165, 1.54) is 44.5 Å². The number of hydrogen-bond acceptors (Lipinski definition) is 2. The smallest absolute Gasteiger partial charge is 0.0612 e. The van der Waals surface area contributed by atoms with Gasteiger partial charge in [0.2, 0.25) is 0 Å². The number of rotatable bonds is 2. The Bertz CT molecular complexity index is 526. The second-order valence-electron chi connectivity index (χ2n) is 6.86. The summed E-state index contributed by atoms with van der Waals surface area (Å²) < 4.78 is 0. The van der Waals surface area contributed by atoms with Gasteiger partial charge in [-0.05, 0) is 49.3 Å². The Kier molecular flexibility index (Phi) is 3.81. The number of piperazine rings is 1. The van der Waals surface area contributed by atoms with Gasteiger partial charge in [0.25, 0.3) is 0 Å². The summed E-state index contributed by atoms with van der Waals surface area (Å²) in [6.07, 6.45) is 5.92. The number of hydrogen-bond donors (Lipinski definition) is 0. The number of nitrogens with zero attached hydrogens (tertiary/aromatic N) is 2. The first-order valence-electron chi connectivity index (χ1n) is 8.15. The van der Waals surface area contributed by atoms with E-state index in [0.717, 1.165) is 31.0 Å². The molecule has 0 N–H and O–H groups in total. The minimum absolute atomic E-state index is 0.640. The molecule has 1 aromatic rings. The molecule has 0 spiro atoms. The summed E-state index contributed by atoms with van der Waals surface area (Å²) in [5.41, 5.74) is 1.21. The monoisotopic (exact) mass is 324 g/mol. The lowest BCUT2D eigenvalue weighted by Gasteiger charge is -2.41. The van der Waals surface area contributed by atoms with Crippen LogP contribution in [0, 0.1) is 11.8 Å². The van der Waals surface area contributed by atoms with E-state index >= 15 is 0 Å². The highest BCUT2D eigenvalue weighted by molar-refractivity contribution is 6.42. The van der Waals surface area contributed by atoms with Crippen molar-refractivity contribution in [1.29, 1.82) is 0 Å². The third-order valence-corrected chi connectivity index (χ3v) is 6.49. The lowest BCUT2D eigenvalue weighted by molar-refractivity contribution is 0.135. The SMILES string of the molecule is Clc1ccc(N2CCN(C3CC4CCC3C4)CC2)cc1Cl. The van der Waals surface area contributed by atoms with Crippen LogP contribution in [0.15, 0.2) is 18.2 Å². The van der Waals surface area contributed by atoms with Crippen molar-refractivity contribution in [3.63, 3.8) is 0 Å². The van der Waals surface area contributed by atoms with Crippen LogP contribution in [0.1, 0.15) is 25.7 Å². The van der Waals surface area contributed by atoms with Gasteiger partial charge in [0.15, 0.2) is 0 Å². The van der Waals surface area contributed by atoms with Gasteiger partial charge in [-0.3, -0.25) is 4.90 Å². The van der Waals surface area contributed by atoms with Crippen LogP contribution < -0.4 is 4.90 Å². The number of benzene rings is 1. The Morgan fingerprint density at radius 1 is 0.905 bits per heavy atom. The topological polar surface area (TPSA) is 6.48 Å². The van der Waals surface area contributed by atoms with Crippen molar-refractivity contribution in [3.05, 3.63) is 28.2 Å². The predicted octanol–water partition coefficient (Wildman–Crippen LogP) is 4.30. The van der Waals surface area contributed by atoms with Crippen molar-refractivity contribution in [2.24, 2.45) is 11.8 Å². The molecule has 114 valence electrons. The highest BCUT2D eigenvalue weighted by atomic mass is 35.5. The summed E-state index contributed by atoms with van der Waals surface area (Å²) in [5.74, 6) is 2.03. The van der Waals surface area contributed by atoms with Crippen molar-refractivity contribution in [2.75, 3.05) is 31.1 Å². The molecular formula is C17H22Cl2N2. The van der Waals surface area contributed by atoms with E-state index in [0.29, 0.717) is 10.0 Å². The maximum Gasteiger partial charge on any atom is 0.0612 e. The largest absolute Gasteiger partial charge is 0.369 e. The van der Waals surface area contributed by atoms with Crippen molar-refractivity contribution >= 4 is 28.9 Å². The molecule has 2 aliphatic carbocycles. The zero-order chi connectivity index (χ0) is 14.4. The van der Waals surface area contributed by atoms with Gasteiger partial charge in [-0.2, -0.15) is 0 Å². The van der Waals surface area contributed by atoms with Crippen LogP contribution in [0.2, 0.25) is 10.0 Å². The van der Waals surface area contributed by atoms with E-state index in [1.807, 2.05) is 12.1 Å². The molecule has 1 aliphatic heterocycles. The highest BCUT2D eigenvalue weighted by Gasteiger charge is 2.42. The minimum atomic E-state index is 0.640. The molecule has 3 unspecified atom stereocenters. The molecule has 3 aliphatic rings. The summed E-state index contributed by atoms with van der Waals surface area (Å²) in [6.45, 7) is 4.58. The molecule has 2 nitrogen and oxygen atoms in total. The fraction of sp³-hybridized carbons (Fsp3) is 0.647. The summed E-state index contributed by atoms with van der Waals surface area (Å²) >= 11 is 12.1. The Hall–Kier alpha value is -0.440. The average molecular weight is 325 g/mol. The van der Waals surface area contributed by atoms with Crippen LogP contribution in [0.3, 0.4) is 0 Å². The molecule has 2 saturated carbocycles. The lowest BCUT2D eigenvalue weighted by Crippen LogP contribution is -2.51. The van der Waals surface area contributed by atoms with E-state index in [2.05, 4.69) is 15.9 Å². The van der Waals surface area contributed by atoms with Crippen LogP contribution in [-0.4, -0.2) is 37.1 Å². The zero-order valence-corrected chi connectivity index (χ0v) is 13.8. The standard InChI is InChI=1S/C17H22Cl2N2/c18-15-4-3-14(11-16(15)19)20-5-7-21(8-6-20)17-10-12-1-2-13(17)9-12/h3-4,11-13,17H,1-2,5-10H2. The molecule has 0 aromatic heterocycles. The van der Waals surface area contributed by atoms with Gasteiger partial charge < -0.3 is 4.90 Å². The quantitative estimate of drug-likeness (QED) is 0.800. The first-order chi connectivity index (χ1) is 10.2. The summed E-state index contributed by atoms with van der Waals surface area (Å²) in [6, 6.07) is 6.86. The molecule has 0 amide bonds. The molecule has 1 saturated heterocycles. The third-order valence-electron chi connectivity index (χ3n) is 5.75. The predicted molar refractivity (Wildman–Crippen MR) is 89.5 cm³/mol. The highest BCUT2D eigenvalue weighted by Crippen LogP contribution is 2.46. The van der Waals surface area contributed by atoms with Gasteiger partial charge in [0, 0.05) is 37.9 Å². The van der Waals surface area contributed by atoms with Crippen molar-refractivity contribution < 1.29 is 0 Å². The summed E-state index contributed by atoms with van der Waals surface area (Å²) in [5, 5.41) is 1.30. The molecule has 21 heavy (non-hydrogen) atoms. The Morgan fingerprint density at radius 2 is 1.71 bits per heavy atom. The molecule has 1 heterocycles. The minimum Gasteiger partial charge on any atom is -0.369 e. The maximum atomic E-state index is 6.14. The fourth-order valence-electron chi connectivity index (χ4n) is 4.65. The van der Waals surface area contributed by atoms with Crippen molar-refractivity contribution in [2.45, 2.75) is 31.7 Å².